The highest BCUT2D eigenvalue weighted by atomic mass is 35.5. The molecule has 0 fully saturated rings. The van der Waals surface area contributed by atoms with E-state index in [1.807, 2.05) is 0 Å². The van der Waals surface area contributed by atoms with Crippen molar-refractivity contribution in [3.63, 3.8) is 0 Å². The van der Waals surface area contributed by atoms with Crippen LogP contribution in [0.4, 0.5) is 22.7 Å². The quantitative estimate of drug-likeness (QED) is 0.299. The Labute approximate surface area is 168 Å². The molecule has 0 aliphatic rings. The van der Waals surface area contributed by atoms with Crippen molar-refractivity contribution < 1.29 is 19.4 Å². The number of amides is 1. The summed E-state index contributed by atoms with van der Waals surface area (Å²) < 4.78 is 5.07. The lowest BCUT2D eigenvalue weighted by Crippen LogP contribution is -2.14. The maximum absolute atomic E-state index is 12.3. The van der Waals surface area contributed by atoms with Crippen molar-refractivity contribution in [2.24, 2.45) is 0 Å². The number of hydrogen-bond acceptors (Lipinski definition) is 8. The first-order valence-corrected chi connectivity index (χ1v) is 8.09. The molecule has 2 N–H and O–H groups in total. The van der Waals surface area contributed by atoms with Gasteiger partial charge in [0.25, 0.3) is 17.3 Å². The highest BCUT2D eigenvalue weighted by Gasteiger charge is 2.16. The summed E-state index contributed by atoms with van der Waals surface area (Å²) in [4.78, 5) is 32.8. The van der Waals surface area contributed by atoms with Crippen molar-refractivity contribution in [2.75, 3.05) is 17.7 Å². The zero-order chi connectivity index (χ0) is 21.6. The number of benzene rings is 2. The third-order valence-electron chi connectivity index (χ3n) is 3.53. The molecule has 0 aliphatic heterocycles. The number of nitrogens with zero attached hydrogens (tertiary/aromatic N) is 3. The monoisotopic (exact) mass is 417 g/mol. The lowest BCUT2D eigenvalue weighted by Gasteiger charge is -2.09. The van der Waals surface area contributed by atoms with Crippen molar-refractivity contribution in [3.05, 3.63) is 73.4 Å². The summed E-state index contributed by atoms with van der Waals surface area (Å²) in [5.74, 6) is -0.612. The molecule has 0 saturated carbocycles. The summed E-state index contributed by atoms with van der Waals surface area (Å²) in [5, 5.41) is 35.9. The maximum atomic E-state index is 12.3. The molecule has 148 valence electrons. The summed E-state index contributed by atoms with van der Waals surface area (Å²) >= 11 is 5.71. The minimum absolute atomic E-state index is 0.0557. The number of rotatable bonds is 7. The van der Waals surface area contributed by atoms with Crippen molar-refractivity contribution >= 4 is 40.3 Å². The molecule has 0 atom stereocenters. The lowest BCUT2D eigenvalue weighted by atomic mass is 10.2. The summed E-state index contributed by atoms with van der Waals surface area (Å²) in [7, 11) is 1.35. The zero-order valence-corrected chi connectivity index (χ0v) is 15.5. The van der Waals surface area contributed by atoms with E-state index in [9.17, 15) is 30.3 Å². The minimum Gasteiger partial charge on any atom is -0.495 e. The number of nitrogens with one attached hydrogen (secondary N) is 2. The number of nitro benzene ring substituents is 2. The van der Waals surface area contributed by atoms with Gasteiger partial charge in [0.2, 0.25) is 0 Å². The molecule has 0 saturated heterocycles. The third kappa shape index (κ3) is 5.18. The van der Waals surface area contributed by atoms with Crippen LogP contribution in [0.3, 0.4) is 0 Å². The van der Waals surface area contributed by atoms with E-state index in [1.54, 1.807) is 6.07 Å². The van der Waals surface area contributed by atoms with Crippen LogP contribution in [-0.2, 0) is 4.79 Å². The van der Waals surface area contributed by atoms with Crippen molar-refractivity contribution in [2.45, 2.75) is 0 Å². The van der Waals surface area contributed by atoms with Gasteiger partial charge in [-0.1, -0.05) is 11.6 Å². The van der Waals surface area contributed by atoms with Gasteiger partial charge in [0.05, 0.1) is 22.6 Å². The highest BCUT2D eigenvalue weighted by Crippen LogP contribution is 2.29. The molecule has 0 radical (unpaired) electrons. The molecule has 0 aliphatic carbocycles. The summed E-state index contributed by atoms with van der Waals surface area (Å²) in [5.41, 5.74) is -0.815. The van der Waals surface area contributed by atoms with Gasteiger partial charge in [-0.05, 0) is 18.2 Å². The molecule has 0 unspecified atom stereocenters. The predicted octanol–water partition coefficient (Wildman–Crippen LogP) is 3.62. The van der Waals surface area contributed by atoms with Crippen LogP contribution in [0.2, 0.25) is 5.02 Å². The van der Waals surface area contributed by atoms with Crippen LogP contribution in [-0.4, -0.2) is 22.9 Å². The van der Waals surface area contributed by atoms with Gasteiger partial charge in [-0.15, -0.1) is 0 Å². The third-order valence-corrected chi connectivity index (χ3v) is 3.85. The van der Waals surface area contributed by atoms with Crippen LogP contribution in [0.1, 0.15) is 0 Å². The molecular weight excluding hydrogens is 406 g/mol. The Morgan fingerprint density at radius 3 is 2.52 bits per heavy atom. The second-order valence-electron chi connectivity index (χ2n) is 5.33. The normalized spacial score (nSPS) is 10.6. The first kappa shape index (κ1) is 21.1. The first-order chi connectivity index (χ1) is 13.8. The number of non-ortho nitro benzene ring substituents is 1. The Morgan fingerprint density at radius 1 is 1.21 bits per heavy atom. The van der Waals surface area contributed by atoms with Gasteiger partial charge in [-0.3, -0.25) is 25.0 Å². The Bertz CT molecular complexity index is 1060. The number of hydrogen-bond donors (Lipinski definition) is 2. The minimum atomic E-state index is -0.860. The Balaban J connectivity index is 2.24. The van der Waals surface area contributed by atoms with Crippen LogP contribution in [0.25, 0.3) is 0 Å². The number of anilines is 2. The molecule has 0 bridgehead atoms. The number of methoxy groups -OCH3 is 1. The molecule has 2 aromatic rings. The van der Waals surface area contributed by atoms with E-state index < -0.39 is 27.0 Å². The van der Waals surface area contributed by atoms with E-state index in [4.69, 9.17) is 16.3 Å². The van der Waals surface area contributed by atoms with Crippen LogP contribution in [0.5, 0.6) is 5.75 Å². The van der Waals surface area contributed by atoms with E-state index in [0.717, 1.165) is 12.3 Å². The van der Waals surface area contributed by atoms with E-state index in [1.165, 1.54) is 37.4 Å². The Morgan fingerprint density at radius 2 is 1.93 bits per heavy atom. The average molecular weight is 418 g/mol. The molecule has 2 aromatic carbocycles. The number of ether oxygens (including phenoxy) is 1. The van der Waals surface area contributed by atoms with Crippen molar-refractivity contribution in [1.82, 2.24) is 0 Å². The summed E-state index contributed by atoms with van der Waals surface area (Å²) in [6.45, 7) is 0. The van der Waals surface area contributed by atoms with Crippen LogP contribution in [0.15, 0.2) is 48.2 Å². The number of halogens is 1. The lowest BCUT2D eigenvalue weighted by molar-refractivity contribution is -0.384. The van der Waals surface area contributed by atoms with E-state index in [-0.39, 0.29) is 27.8 Å². The van der Waals surface area contributed by atoms with E-state index in [2.05, 4.69) is 10.6 Å². The molecule has 12 heteroatoms. The van der Waals surface area contributed by atoms with Gasteiger partial charge in [-0.25, -0.2) is 0 Å². The number of nitriles is 1. The summed E-state index contributed by atoms with van der Waals surface area (Å²) in [6, 6.07) is 9.04. The largest absolute Gasteiger partial charge is 0.495 e. The van der Waals surface area contributed by atoms with E-state index >= 15 is 0 Å². The average Bonchev–Trinajstić information content (AvgIpc) is 2.69. The standard InChI is InChI=1S/C17H12ClN5O6/c1-29-16-5-3-12(22(25)26)7-14(16)20-9-10(8-19)17(24)21-11-2-4-13(18)15(6-11)23(27)28/h2-7,9,20H,1H3,(H,21,24)/b10-9-. The Kier molecular flexibility index (Phi) is 6.67. The maximum Gasteiger partial charge on any atom is 0.289 e. The number of carbonyl (C=O) groups excluding carboxylic acids is 1. The topological polar surface area (TPSA) is 160 Å². The zero-order valence-electron chi connectivity index (χ0n) is 14.7. The Hall–Kier alpha value is -4.17. The van der Waals surface area contributed by atoms with Gasteiger partial charge in [-0.2, -0.15) is 5.26 Å². The SMILES string of the molecule is COc1ccc([N+](=O)[O-])cc1N/C=C(/C#N)C(=O)Nc1ccc(Cl)c([N+](=O)[O-])c1. The molecular formula is C17H12ClN5O6. The second kappa shape index (κ2) is 9.16. The van der Waals surface area contributed by atoms with E-state index in [0.29, 0.717) is 0 Å². The fourth-order valence-corrected chi connectivity index (χ4v) is 2.34. The van der Waals surface area contributed by atoms with Crippen LogP contribution in [0, 0.1) is 31.6 Å². The highest BCUT2D eigenvalue weighted by molar-refractivity contribution is 6.32. The van der Waals surface area contributed by atoms with Crippen LogP contribution < -0.4 is 15.4 Å². The molecule has 29 heavy (non-hydrogen) atoms. The number of carbonyl (C=O) groups is 1. The van der Waals surface area contributed by atoms with Gasteiger partial charge in [0.15, 0.2) is 0 Å². The molecule has 11 nitrogen and oxygen atoms in total. The second-order valence-corrected chi connectivity index (χ2v) is 5.74. The van der Waals surface area contributed by atoms with Crippen molar-refractivity contribution in [1.29, 1.82) is 5.26 Å². The fourth-order valence-electron chi connectivity index (χ4n) is 2.15. The van der Waals surface area contributed by atoms with Gasteiger partial charge < -0.3 is 15.4 Å². The molecule has 0 heterocycles. The van der Waals surface area contributed by atoms with Gasteiger partial charge in [0.1, 0.15) is 22.4 Å². The molecule has 1 amide bonds. The molecule has 0 aromatic heterocycles. The number of nitro groups is 2. The van der Waals surface area contributed by atoms with Gasteiger partial charge in [0, 0.05) is 30.1 Å². The summed E-state index contributed by atoms with van der Waals surface area (Å²) in [6.07, 6.45) is 1.03. The smallest absolute Gasteiger partial charge is 0.289 e. The predicted molar refractivity (Wildman–Crippen MR) is 104 cm³/mol. The fraction of sp³-hybridized carbons (Fsp3) is 0.0588. The first-order valence-electron chi connectivity index (χ1n) is 7.71. The van der Waals surface area contributed by atoms with Gasteiger partial charge >= 0.3 is 0 Å². The molecule has 2 rings (SSSR count). The van der Waals surface area contributed by atoms with Crippen molar-refractivity contribution in [3.8, 4) is 11.8 Å². The van der Waals surface area contributed by atoms with Crippen LogP contribution >= 0.6 is 11.6 Å². The molecule has 0 spiro atoms.